The van der Waals surface area contributed by atoms with Gasteiger partial charge in [-0.2, -0.15) is 0 Å². The Kier molecular flexibility index (Phi) is 5.13. The lowest BCUT2D eigenvalue weighted by Gasteiger charge is -2.42. The van der Waals surface area contributed by atoms with E-state index < -0.39 is 6.10 Å². The number of nitrogens with one attached hydrogen (secondary N) is 1. The molecule has 0 amide bonds. The zero-order valence-corrected chi connectivity index (χ0v) is 15.0. The van der Waals surface area contributed by atoms with Gasteiger partial charge in [-0.3, -0.25) is 9.80 Å². The van der Waals surface area contributed by atoms with E-state index in [1.54, 1.807) is 0 Å². The first-order chi connectivity index (χ1) is 11.4. The van der Waals surface area contributed by atoms with Crippen LogP contribution in [0.5, 0.6) is 5.75 Å². The van der Waals surface area contributed by atoms with Crippen molar-refractivity contribution in [3.63, 3.8) is 0 Å². The van der Waals surface area contributed by atoms with Crippen LogP contribution in [0.2, 0.25) is 0 Å². The van der Waals surface area contributed by atoms with Gasteiger partial charge in [0.15, 0.2) is 0 Å². The van der Waals surface area contributed by atoms with Crippen molar-refractivity contribution in [3.8, 4) is 5.75 Å². The summed E-state index contributed by atoms with van der Waals surface area (Å²) in [6.45, 7) is 11.9. The van der Waals surface area contributed by atoms with Gasteiger partial charge in [0, 0.05) is 55.4 Å². The number of β-amino-alcohol motifs (C(OH)–C–C–N with tert-alkyl or cyclic N) is 1. The molecule has 1 aromatic carbocycles. The van der Waals surface area contributed by atoms with Gasteiger partial charge >= 0.3 is 0 Å². The molecule has 3 rings (SSSR count). The third kappa shape index (κ3) is 4.09. The molecular weight excluding hydrogens is 302 g/mol. The zero-order valence-electron chi connectivity index (χ0n) is 15.0. The lowest BCUT2D eigenvalue weighted by molar-refractivity contribution is 0.0234. The molecule has 1 aromatic heterocycles. The van der Waals surface area contributed by atoms with Crippen molar-refractivity contribution >= 4 is 10.9 Å². The second-order valence-electron chi connectivity index (χ2n) is 7.62. The summed E-state index contributed by atoms with van der Waals surface area (Å²) in [5, 5.41) is 11.4. The molecule has 0 spiro atoms. The molecule has 2 aromatic rings. The number of aromatic nitrogens is 1. The highest BCUT2D eigenvalue weighted by Gasteiger charge is 2.26. The number of H-pyrrole nitrogens is 1. The summed E-state index contributed by atoms with van der Waals surface area (Å²) >= 11 is 0. The van der Waals surface area contributed by atoms with Crippen molar-refractivity contribution in [2.75, 3.05) is 39.3 Å². The van der Waals surface area contributed by atoms with Crippen LogP contribution in [0.4, 0.5) is 0 Å². The number of hydrogen-bond acceptors (Lipinski definition) is 4. The van der Waals surface area contributed by atoms with Crippen LogP contribution in [-0.2, 0) is 0 Å². The molecular formula is C19H29N3O2. The van der Waals surface area contributed by atoms with Gasteiger partial charge in [-0.05, 0) is 39.0 Å². The Bertz CT molecular complexity index is 654. The maximum Gasteiger partial charge on any atom is 0.128 e. The Morgan fingerprint density at radius 3 is 2.62 bits per heavy atom. The number of nitrogens with zero attached hydrogens (tertiary/aromatic N) is 2. The quantitative estimate of drug-likeness (QED) is 0.883. The first kappa shape index (κ1) is 17.3. The van der Waals surface area contributed by atoms with E-state index in [-0.39, 0.29) is 5.54 Å². The number of hydrogen-bond donors (Lipinski definition) is 2. The van der Waals surface area contributed by atoms with Gasteiger partial charge in [0.2, 0.25) is 0 Å². The lowest BCUT2D eigenvalue weighted by atomic mass is 10.0. The summed E-state index contributed by atoms with van der Waals surface area (Å²) in [5.74, 6) is 0.824. The van der Waals surface area contributed by atoms with Crippen LogP contribution >= 0.6 is 0 Å². The molecule has 5 heteroatoms. The van der Waals surface area contributed by atoms with Crippen LogP contribution in [0.1, 0.15) is 20.8 Å². The standard InChI is InChI=1S/C19H29N3O2/c1-19(2,3)22-11-9-21(10-12-22)13-15(23)14-24-18-6-4-5-17-16(18)7-8-20-17/h4-8,15,20,23H,9-14H2,1-3H3/t15-/m0/s1. The number of ether oxygens (including phenoxy) is 1. The van der Waals surface area contributed by atoms with Gasteiger partial charge in [-0.25, -0.2) is 0 Å². The Labute approximate surface area is 144 Å². The number of aliphatic hydroxyl groups is 1. The number of piperazine rings is 1. The minimum absolute atomic E-state index is 0.225. The fourth-order valence-electron chi connectivity index (χ4n) is 3.32. The van der Waals surface area contributed by atoms with E-state index in [2.05, 4.69) is 35.6 Å². The highest BCUT2D eigenvalue weighted by atomic mass is 16.5. The highest BCUT2D eigenvalue weighted by molar-refractivity contribution is 5.85. The van der Waals surface area contributed by atoms with Crippen LogP contribution in [-0.4, -0.2) is 70.9 Å². The molecule has 24 heavy (non-hydrogen) atoms. The highest BCUT2D eigenvalue weighted by Crippen LogP contribution is 2.24. The molecule has 1 fully saturated rings. The lowest BCUT2D eigenvalue weighted by Crippen LogP contribution is -2.54. The summed E-state index contributed by atoms with van der Waals surface area (Å²) in [6, 6.07) is 7.94. The van der Waals surface area contributed by atoms with E-state index in [0.717, 1.165) is 42.8 Å². The predicted molar refractivity (Wildman–Crippen MR) is 97.6 cm³/mol. The first-order valence-electron chi connectivity index (χ1n) is 8.78. The van der Waals surface area contributed by atoms with Crippen molar-refractivity contribution < 1.29 is 9.84 Å². The molecule has 0 saturated carbocycles. The number of benzene rings is 1. The predicted octanol–water partition coefficient (Wildman–Crippen LogP) is 2.32. The van der Waals surface area contributed by atoms with Crippen LogP contribution in [0.3, 0.4) is 0 Å². The number of rotatable bonds is 5. The molecule has 132 valence electrons. The van der Waals surface area contributed by atoms with Crippen molar-refractivity contribution in [2.24, 2.45) is 0 Å². The minimum atomic E-state index is -0.472. The van der Waals surface area contributed by atoms with Crippen LogP contribution < -0.4 is 4.74 Å². The molecule has 5 nitrogen and oxygen atoms in total. The van der Waals surface area contributed by atoms with Crippen molar-refractivity contribution in [2.45, 2.75) is 32.4 Å². The molecule has 1 saturated heterocycles. The van der Waals surface area contributed by atoms with Gasteiger partial charge < -0.3 is 14.8 Å². The summed E-state index contributed by atoms with van der Waals surface area (Å²) in [6.07, 6.45) is 1.43. The SMILES string of the molecule is CC(C)(C)N1CCN(C[C@H](O)COc2cccc3[nH]ccc23)CC1. The van der Waals surface area contributed by atoms with E-state index in [0.29, 0.717) is 13.2 Å². The van der Waals surface area contributed by atoms with E-state index in [4.69, 9.17) is 4.74 Å². The Morgan fingerprint density at radius 1 is 1.17 bits per heavy atom. The minimum Gasteiger partial charge on any atom is -0.490 e. The first-order valence-corrected chi connectivity index (χ1v) is 8.78. The van der Waals surface area contributed by atoms with Crippen molar-refractivity contribution in [1.82, 2.24) is 14.8 Å². The smallest absolute Gasteiger partial charge is 0.128 e. The van der Waals surface area contributed by atoms with Crippen LogP contribution in [0.15, 0.2) is 30.5 Å². The fraction of sp³-hybridized carbons (Fsp3) is 0.579. The molecule has 1 aliphatic rings. The maximum atomic E-state index is 10.3. The summed E-state index contributed by atoms with van der Waals surface area (Å²) in [5.41, 5.74) is 1.28. The number of aromatic amines is 1. The van der Waals surface area contributed by atoms with Gasteiger partial charge in [-0.15, -0.1) is 0 Å². The summed E-state index contributed by atoms with van der Waals surface area (Å²) in [4.78, 5) is 8.00. The third-order valence-corrected chi connectivity index (χ3v) is 4.78. The monoisotopic (exact) mass is 331 g/mol. The average molecular weight is 331 g/mol. The molecule has 2 N–H and O–H groups in total. The molecule has 0 radical (unpaired) electrons. The number of aliphatic hydroxyl groups excluding tert-OH is 1. The average Bonchev–Trinajstić information content (AvgIpc) is 3.01. The largest absolute Gasteiger partial charge is 0.490 e. The van der Waals surface area contributed by atoms with E-state index in [1.807, 2.05) is 30.5 Å². The molecule has 0 aliphatic carbocycles. The fourth-order valence-corrected chi connectivity index (χ4v) is 3.32. The Balaban J connectivity index is 1.47. The topological polar surface area (TPSA) is 51.7 Å². The van der Waals surface area contributed by atoms with E-state index in [1.165, 1.54) is 0 Å². The second kappa shape index (κ2) is 7.13. The summed E-state index contributed by atoms with van der Waals surface area (Å²) < 4.78 is 5.85. The van der Waals surface area contributed by atoms with Gasteiger partial charge in [0.05, 0.1) is 0 Å². The Hall–Kier alpha value is -1.56. The third-order valence-electron chi connectivity index (χ3n) is 4.78. The van der Waals surface area contributed by atoms with Crippen LogP contribution in [0, 0.1) is 0 Å². The molecule has 0 bridgehead atoms. The molecule has 2 heterocycles. The van der Waals surface area contributed by atoms with Gasteiger partial charge in [0.1, 0.15) is 18.5 Å². The molecule has 1 aliphatic heterocycles. The van der Waals surface area contributed by atoms with Crippen molar-refractivity contribution in [1.29, 1.82) is 0 Å². The normalized spacial score (nSPS) is 18.8. The van der Waals surface area contributed by atoms with E-state index >= 15 is 0 Å². The van der Waals surface area contributed by atoms with E-state index in [9.17, 15) is 5.11 Å². The van der Waals surface area contributed by atoms with Gasteiger partial charge in [0.25, 0.3) is 0 Å². The zero-order chi connectivity index (χ0) is 17.2. The number of fused-ring (bicyclic) bond motifs is 1. The maximum absolute atomic E-state index is 10.3. The van der Waals surface area contributed by atoms with Crippen LogP contribution in [0.25, 0.3) is 10.9 Å². The van der Waals surface area contributed by atoms with Crippen molar-refractivity contribution in [3.05, 3.63) is 30.5 Å². The summed E-state index contributed by atoms with van der Waals surface area (Å²) in [7, 11) is 0. The van der Waals surface area contributed by atoms with Gasteiger partial charge in [-0.1, -0.05) is 6.07 Å². The molecule has 0 unspecified atom stereocenters. The Morgan fingerprint density at radius 2 is 1.92 bits per heavy atom. The second-order valence-corrected chi connectivity index (χ2v) is 7.62. The molecule has 1 atom stereocenters.